The van der Waals surface area contributed by atoms with Crippen LogP contribution in [0.2, 0.25) is 0 Å². The van der Waals surface area contributed by atoms with E-state index in [1.54, 1.807) is 29.6 Å². The number of carbonyl (C=O) groups excluding carboxylic acids is 1. The Balaban J connectivity index is 1.35. The van der Waals surface area contributed by atoms with E-state index in [0.717, 1.165) is 5.69 Å². The van der Waals surface area contributed by atoms with Crippen molar-refractivity contribution in [1.29, 1.82) is 0 Å². The molecule has 1 aliphatic heterocycles. The molecule has 0 saturated carbocycles. The molecular formula is C20H21N7O. The molecule has 0 radical (unpaired) electrons. The number of nitrogens with one attached hydrogen (secondary N) is 1. The Morgan fingerprint density at radius 2 is 1.64 bits per heavy atom. The van der Waals surface area contributed by atoms with Gasteiger partial charge in [-0.1, -0.05) is 17.7 Å². The van der Waals surface area contributed by atoms with Gasteiger partial charge >= 0.3 is 0 Å². The Kier molecular flexibility index (Phi) is 5.09. The monoisotopic (exact) mass is 375 g/mol. The molecule has 3 aromatic rings. The molecule has 0 atom stereocenters. The van der Waals surface area contributed by atoms with Gasteiger partial charge in [-0.25, -0.2) is 19.9 Å². The number of anilines is 3. The van der Waals surface area contributed by atoms with E-state index in [1.165, 1.54) is 11.8 Å². The lowest BCUT2D eigenvalue weighted by molar-refractivity contribution is 0.0740. The molecule has 2 aromatic heterocycles. The first kappa shape index (κ1) is 17.8. The Hall–Kier alpha value is -3.55. The van der Waals surface area contributed by atoms with Crippen molar-refractivity contribution in [1.82, 2.24) is 24.8 Å². The molecule has 28 heavy (non-hydrogen) atoms. The number of aryl methyl sites for hydroxylation is 1. The van der Waals surface area contributed by atoms with Crippen molar-refractivity contribution in [2.45, 2.75) is 6.92 Å². The molecule has 0 unspecified atom stereocenters. The average molecular weight is 375 g/mol. The summed E-state index contributed by atoms with van der Waals surface area (Å²) in [6.07, 6.45) is 6.55. The zero-order valence-electron chi connectivity index (χ0n) is 15.6. The highest BCUT2D eigenvalue weighted by Gasteiger charge is 2.24. The van der Waals surface area contributed by atoms with Crippen LogP contribution in [0.25, 0.3) is 0 Å². The van der Waals surface area contributed by atoms with Gasteiger partial charge in [-0.3, -0.25) is 4.79 Å². The highest BCUT2D eigenvalue weighted by Crippen LogP contribution is 2.15. The molecule has 0 bridgehead atoms. The standard InChI is InChI=1S/C20H21N7O/c1-15-3-5-16(6-4-15)25-18-14-23-17(13-24-18)19(28)26-9-11-27(12-10-26)20-21-7-2-8-22-20/h2-8,13-14H,9-12H2,1H3,(H,24,25). The summed E-state index contributed by atoms with van der Waals surface area (Å²) in [5.41, 5.74) is 2.47. The quantitative estimate of drug-likeness (QED) is 0.748. The van der Waals surface area contributed by atoms with Gasteiger partial charge in [0.05, 0.1) is 12.4 Å². The topological polar surface area (TPSA) is 87.1 Å². The largest absolute Gasteiger partial charge is 0.339 e. The van der Waals surface area contributed by atoms with Crippen molar-refractivity contribution >= 4 is 23.4 Å². The summed E-state index contributed by atoms with van der Waals surface area (Å²) in [6, 6.07) is 9.79. The molecular weight excluding hydrogens is 354 g/mol. The van der Waals surface area contributed by atoms with Crippen LogP contribution in [-0.2, 0) is 0 Å². The zero-order valence-corrected chi connectivity index (χ0v) is 15.6. The Morgan fingerprint density at radius 3 is 2.29 bits per heavy atom. The fraction of sp³-hybridized carbons (Fsp3) is 0.250. The van der Waals surface area contributed by atoms with Crippen LogP contribution in [0.4, 0.5) is 17.5 Å². The van der Waals surface area contributed by atoms with E-state index >= 15 is 0 Å². The number of piperazine rings is 1. The summed E-state index contributed by atoms with van der Waals surface area (Å²) >= 11 is 0. The number of nitrogens with zero attached hydrogens (tertiary/aromatic N) is 6. The number of rotatable bonds is 4. The third-order valence-corrected chi connectivity index (χ3v) is 4.60. The minimum absolute atomic E-state index is 0.108. The van der Waals surface area contributed by atoms with Gasteiger partial charge in [0.2, 0.25) is 5.95 Å². The minimum atomic E-state index is -0.108. The maximum Gasteiger partial charge on any atom is 0.274 e. The summed E-state index contributed by atoms with van der Waals surface area (Å²) in [7, 11) is 0. The average Bonchev–Trinajstić information content (AvgIpc) is 2.76. The van der Waals surface area contributed by atoms with Gasteiger partial charge in [0.1, 0.15) is 11.5 Å². The van der Waals surface area contributed by atoms with Gasteiger partial charge in [0.15, 0.2) is 0 Å². The third kappa shape index (κ3) is 4.06. The first-order valence-electron chi connectivity index (χ1n) is 9.16. The summed E-state index contributed by atoms with van der Waals surface area (Å²) in [6.45, 7) is 4.62. The van der Waals surface area contributed by atoms with Crippen LogP contribution in [0.15, 0.2) is 55.1 Å². The van der Waals surface area contributed by atoms with Crippen molar-refractivity contribution in [3.63, 3.8) is 0 Å². The van der Waals surface area contributed by atoms with E-state index < -0.39 is 0 Å². The van der Waals surface area contributed by atoms with Crippen molar-refractivity contribution in [2.24, 2.45) is 0 Å². The molecule has 4 rings (SSSR count). The maximum absolute atomic E-state index is 12.7. The molecule has 1 aromatic carbocycles. The van der Waals surface area contributed by atoms with Gasteiger partial charge in [-0.2, -0.15) is 0 Å². The van der Waals surface area contributed by atoms with Crippen molar-refractivity contribution in [3.8, 4) is 0 Å². The van der Waals surface area contributed by atoms with E-state index in [0.29, 0.717) is 43.6 Å². The lowest BCUT2D eigenvalue weighted by Crippen LogP contribution is -2.49. The van der Waals surface area contributed by atoms with Crippen LogP contribution >= 0.6 is 0 Å². The van der Waals surface area contributed by atoms with Gasteiger partial charge in [-0.15, -0.1) is 0 Å². The third-order valence-electron chi connectivity index (χ3n) is 4.60. The van der Waals surface area contributed by atoms with E-state index in [4.69, 9.17) is 0 Å². The van der Waals surface area contributed by atoms with E-state index in [2.05, 4.69) is 30.2 Å². The SMILES string of the molecule is Cc1ccc(Nc2cnc(C(=O)N3CCN(c4ncccn4)CC3)cn2)cc1. The second-order valence-corrected chi connectivity index (χ2v) is 6.61. The number of amides is 1. The Labute approximate surface area is 163 Å². The normalized spacial score (nSPS) is 14.0. The van der Waals surface area contributed by atoms with Gasteiger partial charge in [-0.05, 0) is 25.1 Å². The molecule has 1 N–H and O–H groups in total. The summed E-state index contributed by atoms with van der Waals surface area (Å²) in [4.78, 5) is 33.7. The molecule has 8 heteroatoms. The minimum Gasteiger partial charge on any atom is -0.339 e. The smallest absolute Gasteiger partial charge is 0.274 e. The van der Waals surface area contributed by atoms with E-state index in [1.807, 2.05) is 31.2 Å². The highest BCUT2D eigenvalue weighted by molar-refractivity contribution is 5.92. The summed E-state index contributed by atoms with van der Waals surface area (Å²) < 4.78 is 0. The lowest BCUT2D eigenvalue weighted by Gasteiger charge is -2.34. The molecule has 0 spiro atoms. The molecule has 1 amide bonds. The van der Waals surface area contributed by atoms with Gasteiger partial charge in [0, 0.05) is 44.3 Å². The number of aromatic nitrogens is 4. The van der Waals surface area contributed by atoms with Crippen LogP contribution in [0, 0.1) is 6.92 Å². The zero-order chi connectivity index (χ0) is 19.3. The van der Waals surface area contributed by atoms with Crippen LogP contribution in [-0.4, -0.2) is 56.9 Å². The molecule has 1 aliphatic rings. The molecule has 1 saturated heterocycles. The molecule has 3 heterocycles. The Bertz CT molecular complexity index is 921. The van der Waals surface area contributed by atoms with Crippen LogP contribution < -0.4 is 10.2 Å². The molecule has 0 aliphatic carbocycles. The Morgan fingerprint density at radius 1 is 0.929 bits per heavy atom. The molecule has 8 nitrogen and oxygen atoms in total. The van der Waals surface area contributed by atoms with Gasteiger partial charge < -0.3 is 15.1 Å². The fourth-order valence-electron chi connectivity index (χ4n) is 3.01. The number of hydrogen-bond donors (Lipinski definition) is 1. The van der Waals surface area contributed by atoms with Crippen molar-refractivity contribution in [3.05, 3.63) is 66.4 Å². The van der Waals surface area contributed by atoms with Crippen molar-refractivity contribution in [2.75, 3.05) is 36.4 Å². The fourth-order valence-corrected chi connectivity index (χ4v) is 3.01. The van der Waals surface area contributed by atoms with E-state index in [9.17, 15) is 4.79 Å². The van der Waals surface area contributed by atoms with Crippen LogP contribution in [0.1, 0.15) is 16.1 Å². The molecule has 1 fully saturated rings. The predicted octanol–water partition coefficient (Wildman–Crippen LogP) is 2.28. The number of benzene rings is 1. The number of carbonyl (C=O) groups is 1. The second-order valence-electron chi connectivity index (χ2n) is 6.61. The highest BCUT2D eigenvalue weighted by atomic mass is 16.2. The van der Waals surface area contributed by atoms with Gasteiger partial charge in [0.25, 0.3) is 5.91 Å². The summed E-state index contributed by atoms with van der Waals surface area (Å²) in [5.74, 6) is 1.19. The first-order valence-corrected chi connectivity index (χ1v) is 9.16. The predicted molar refractivity (Wildman–Crippen MR) is 107 cm³/mol. The molecule has 142 valence electrons. The lowest BCUT2D eigenvalue weighted by atomic mass is 10.2. The van der Waals surface area contributed by atoms with Crippen LogP contribution in [0.3, 0.4) is 0 Å². The summed E-state index contributed by atoms with van der Waals surface area (Å²) in [5, 5.41) is 3.18. The van der Waals surface area contributed by atoms with Crippen molar-refractivity contribution < 1.29 is 4.79 Å². The first-order chi connectivity index (χ1) is 13.7. The van der Waals surface area contributed by atoms with Crippen LogP contribution in [0.5, 0.6) is 0 Å². The van der Waals surface area contributed by atoms with E-state index in [-0.39, 0.29) is 5.91 Å². The second kappa shape index (κ2) is 7.99. The number of hydrogen-bond acceptors (Lipinski definition) is 7. The maximum atomic E-state index is 12.7.